The molecule has 0 aliphatic rings. The second-order valence-corrected chi connectivity index (χ2v) is 12.4. The van der Waals surface area contributed by atoms with Crippen LogP contribution in [-0.2, 0) is 21.7 Å². The topological polar surface area (TPSA) is 164 Å². The molecule has 5 N–H and O–H groups in total. The molecule has 11 nitrogen and oxygen atoms in total. The van der Waals surface area contributed by atoms with Crippen molar-refractivity contribution in [2.24, 2.45) is 11.1 Å². The Morgan fingerprint density at radius 2 is 1.36 bits per heavy atom. The molecule has 0 spiro atoms. The molecular formula is C35H33ClN6O5. The summed E-state index contributed by atoms with van der Waals surface area (Å²) in [4.78, 5) is 72.0. The molecule has 1 heterocycles. The normalized spacial score (nSPS) is 12.7. The number of rotatable bonds is 9. The van der Waals surface area contributed by atoms with Crippen molar-refractivity contribution in [3.05, 3.63) is 146 Å². The zero-order valence-electron chi connectivity index (χ0n) is 25.9. The number of nitrogens with one attached hydrogen (secondary N) is 1. The lowest BCUT2D eigenvalue weighted by molar-refractivity contribution is -0.141. The third-order valence-electron chi connectivity index (χ3n) is 7.69. The predicted molar refractivity (Wildman–Crippen MR) is 181 cm³/mol. The second kappa shape index (κ2) is 12.6. The Bertz CT molecular complexity index is 2100. The highest BCUT2D eigenvalue weighted by atomic mass is 35.5. The maximum absolute atomic E-state index is 14.9. The number of amides is 2. The number of primary amides is 1. The molecule has 12 heteroatoms. The van der Waals surface area contributed by atoms with Gasteiger partial charge in [0, 0.05) is 11.1 Å². The number of anilines is 2. The van der Waals surface area contributed by atoms with E-state index < -0.39 is 39.9 Å². The van der Waals surface area contributed by atoms with Gasteiger partial charge < -0.3 is 16.8 Å². The summed E-state index contributed by atoms with van der Waals surface area (Å²) in [6.45, 7) is 4.56. The molecule has 240 valence electrons. The molecule has 2 amide bonds. The molecule has 1 unspecified atom stereocenters. The van der Waals surface area contributed by atoms with Gasteiger partial charge in [0.2, 0.25) is 11.4 Å². The van der Waals surface area contributed by atoms with Crippen LogP contribution in [0.1, 0.15) is 42.3 Å². The molecule has 1 aromatic heterocycles. The Morgan fingerprint density at radius 3 is 1.91 bits per heavy atom. The lowest BCUT2D eigenvalue weighted by Crippen LogP contribution is -2.62. The van der Waals surface area contributed by atoms with Gasteiger partial charge in [-0.3, -0.25) is 14.4 Å². The van der Waals surface area contributed by atoms with Gasteiger partial charge in [-0.15, -0.1) is 0 Å². The molecule has 0 fully saturated rings. The van der Waals surface area contributed by atoms with Crippen molar-refractivity contribution in [3.63, 3.8) is 0 Å². The number of para-hydroxylation sites is 2. The van der Waals surface area contributed by atoms with Crippen LogP contribution in [0.15, 0.2) is 113 Å². The van der Waals surface area contributed by atoms with Gasteiger partial charge in [-0.25, -0.2) is 18.8 Å². The van der Waals surface area contributed by atoms with E-state index in [1.165, 1.54) is 6.07 Å². The number of aromatic nitrogens is 3. The Hall–Kier alpha value is -5.68. The molecule has 0 saturated heterocycles. The highest BCUT2D eigenvalue weighted by Gasteiger charge is 2.56. The molecular weight excluding hydrogens is 620 g/mol. The highest BCUT2D eigenvalue weighted by Crippen LogP contribution is 2.38. The summed E-state index contributed by atoms with van der Waals surface area (Å²) in [5, 5.41) is 2.51. The average molecular weight is 653 g/mol. The fourth-order valence-electron chi connectivity index (χ4n) is 5.50. The van der Waals surface area contributed by atoms with E-state index in [1.807, 2.05) is 6.07 Å². The van der Waals surface area contributed by atoms with Gasteiger partial charge in [-0.1, -0.05) is 99.1 Å². The predicted octanol–water partition coefficient (Wildman–Crippen LogP) is 4.18. The van der Waals surface area contributed by atoms with E-state index in [2.05, 4.69) is 5.32 Å². The molecule has 0 aliphatic heterocycles. The molecule has 1 atom stereocenters. The minimum Gasteiger partial charge on any atom is -0.397 e. The zero-order valence-corrected chi connectivity index (χ0v) is 26.7. The Labute approximate surface area is 275 Å². The fourth-order valence-corrected chi connectivity index (χ4v) is 5.70. The van der Waals surface area contributed by atoms with Gasteiger partial charge in [0.05, 0.1) is 28.5 Å². The first kappa shape index (κ1) is 32.7. The third kappa shape index (κ3) is 5.88. The summed E-state index contributed by atoms with van der Waals surface area (Å²) in [5.41, 5.74) is 6.35. The summed E-state index contributed by atoms with van der Waals surface area (Å²) < 4.78 is 2.90. The van der Waals surface area contributed by atoms with Crippen LogP contribution in [0.2, 0.25) is 5.02 Å². The molecule has 0 bridgehead atoms. The SMILES string of the molecule is CC(C)(C)C(=O)C(C(=O)Nc1ccccc1)(c1cc(N)c(Cl)c(C(N)=O)c1)n1c(=O)n(Cc2ccccc2)n(-c2ccccc2)c1=O. The van der Waals surface area contributed by atoms with E-state index in [4.69, 9.17) is 23.1 Å². The van der Waals surface area contributed by atoms with Crippen LogP contribution in [-0.4, -0.2) is 31.5 Å². The van der Waals surface area contributed by atoms with Gasteiger partial charge >= 0.3 is 11.4 Å². The summed E-state index contributed by atoms with van der Waals surface area (Å²) in [6.07, 6.45) is 0. The van der Waals surface area contributed by atoms with E-state index in [-0.39, 0.29) is 34.1 Å². The quantitative estimate of drug-likeness (QED) is 0.160. The van der Waals surface area contributed by atoms with Crippen molar-refractivity contribution in [3.8, 4) is 5.69 Å². The summed E-state index contributed by atoms with van der Waals surface area (Å²) >= 11 is 6.35. The summed E-state index contributed by atoms with van der Waals surface area (Å²) in [6, 6.07) is 27.8. The first-order chi connectivity index (χ1) is 22.3. The first-order valence-corrected chi connectivity index (χ1v) is 15.0. The van der Waals surface area contributed by atoms with Gasteiger partial charge in [-0.05, 0) is 47.5 Å². The largest absolute Gasteiger partial charge is 0.397 e. The second-order valence-electron chi connectivity index (χ2n) is 12.0. The van der Waals surface area contributed by atoms with Gasteiger partial charge in [0.1, 0.15) is 0 Å². The summed E-state index contributed by atoms with van der Waals surface area (Å²) in [5.74, 6) is -2.89. The van der Waals surface area contributed by atoms with Crippen molar-refractivity contribution >= 4 is 40.6 Å². The smallest absolute Gasteiger partial charge is 0.353 e. The molecule has 47 heavy (non-hydrogen) atoms. The number of hydrogen-bond acceptors (Lipinski definition) is 6. The Morgan fingerprint density at radius 1 is 0.809 bits per heavy atom. The van der Waals surface area contributed by atoms with E-state index in [0.29, 0.717) is 15.8 Å². The molecule has 0 saturated carbocycles. The third-order valence-corrected chi connectivity index (χ3v) is 8.11. The number of carbonyl (C=O) groups excluding carboxylic acids is 3. The van der Waals surface area contributed by atoms with Crippen molar-refractivity contribution in [1.29, 1.82) is 0 Å². The number of nitrogens with zero attached hydrogens (tertiary/aromatic N) is 3. The molecule has 0 aliphatic carbocycles. The number of nitrogen functional groups attached to an aromatic ring is 1. The lowest BCUT2D eigenvalue weighted by Gasteiger charge is -2.36. The monoisotopic (exact) mass is 652 g/mol. The number of nitrogens with two attached hydrogens (primary N) is 2. The number of hydrogen-bond donors (Lipinski definition) is 3. The van der Waals surface area contributed by atoms with Crippen molar-refractivity contribution in [2.75, 3.05) is 11.1 Å². The van der Waals surface area contributed by atoms with Crippen LogP contribution < -0.4 is 28.2 Å². The molecule has 5 rings (SSSR count). The van der Waals surface area contributed by atoms with Gasteiger partial charge in [-0.2, -0.15) is 4.68 Å². The highest BCUT2D eigenvalue weighted by molar-refractivity contribution is 6.36. The first-order valence-electron chi connectivity index (χ1n) is 14.6. The van der Waals surface area contributed by atoms with Crippen LogP contribution in [0.4, 0.5) is 11.4 Å². The number of halogens is 1. The van der Waals surface area contributed by atoms with Crippen LogP contribution in [0.25, 0.3) is 5.69 Å². The Kier molecular flexibility index (Phi) is 8.77. The molecule has 5 aromatic rings. The van der Waals surface area contributed by atoms with E-state index in [0.717, 1.165) is 15.4 Å². The van der Waals surface area contributed by atoms with Crippen LogP contribution in [0.3, 0.4) is 0 Å². The van der Waals surface area contributed by atoms with Crippen LogP contribution in [0, 0.1) is 5.41 Å². The average Bonchev–Trinajstić information content (AvgIpc) is 3.28. The minimum absolute atomic E-state index is 0.0911. The molecule has 0 radical (unpaired) electrons. The van der Waals surface area contributed by atoms with Gasteiger partial charge in [0.25, 0.3) is 5.91 Å². The van der Waals surface area contributed by atoms with Crippen molar-refractivity contribution in [2.45, 2.75) is 32.9 Å². The molecule has 4 aromatic carbocycles. The maximum Gasteiger partial charge on any atom is 0.353 e. The fraction of sp³-hybridized carbons (Fsp3) is 0.171. The lowest BCUT2D eigenvalue weighted by atomic mass is 9.73. The maximum atomic E-state index is 14.9. The summed E-state index contributed by atoms with van der Waals surface area (Å²) in [7, 11) is 0. The van der Waals surface area contributed by atoms with Crippen LogP contribution in [0.5, 0.6) is 0 Å². The van der Waals surface area contributed by atoms with Crippen molar-refractivity contribution in [1.82, 2.24) is 13.9 Å². The van der Waals surface area contributed by atoms with E-state index in [1.54, 1.807) is 106 Å². The Balaban J connectivity index is 1.98. The number of benzene rings is 4. The van der Waals surface area contributed by atoms with Crippen molar-refractivity contribution < 1.29 is 14.4 Å². The van der Waals surface area contributed by atoms with E-state index in [9.17, 15) is 24.0 Å². The van der Waals surface area contributed by atoms with Gasteiger partial charge in [0.15, 0.2) is 5.78 Å². The zero-order chi connectivity index (χ0) is 34.1. The van der Waals surface area contributed by atoms with Crippen LogP contribution >= 0.6 is 11.6 Å². The number of ketones is 1. The standard InChI is InChI=1S/C35H33ClN6O5/c1-34(2,3)30(44)35(31(45)39-24-15-9-5-10-16-24,23-19-26(29(38)43)28(36)27(37)20-23)41-32(46)40(21-22-13-7-4-8-14-22)42(33(41)47)25-17-11-6-12-18-25/h4-20H,21,37H2,1-3H3,(H2,38,43)(H,39,45). The number of Topliss-reactive ketones (excluding diaryl/α,β-unsaturated/α-hetero) is 1. The minimum atomic E-state index is -2.72. The van der Waals surface area contributed by atoms with E-state index >= 15 is 0 Å². The number of carbonyl (C=O) groups is 3.